The lowest BCUT2D eigenvalue weighted by molar-refractivity contribution is -0.144. The van der Waals surface area contributed by atoms with Gasteiger partial charge < -0.3 is 10.2 Å². The molecule has 1 aliphatic carbocycles. The van der Waals surface area contributed by atoms with Crippen molar-refractivity contribution in [3.8, 4) is 0 Å². The molecule has 0 bridgehead atoms. The summed E-state index contributed by atoms with van der Waals surface area (Å²) in [5.41, 5.74) is 0. The number of nitrogens with zero attached hydrogens (tertiary/aromatic N) is 1. The van der Waals surface area contributed by atoms with Crippen LogP contribution in [0.25, 0.3) is 0 Å². The molecule has 2 rings (SSSR count). The quantitative estimate of drug-likeness (QED) is 0.812. The van der Waals surface area contributed by atoms with Gasteiger partial charge in [-0.3, -0.25) is 9.59 Å². The average Bonchev–Trinajstić information content (AvgIpc) is 2.87. The Bertz CT molecular complexity index is 348. The second-order valence-corrected chi connectivity index (χ2v) is 6.80. The van der Waals surface area contributed by atoms with Gasteiger partial charge in [-0.1, -0.05) is 39.5 Å². The van der Waals surface area contributed by atoms with E-state index in [0.717, 1.165) is 25.3 Å². The van der Waals surface area contributed by atoms with E-state index in [0.29, 0.717) is 5.92 Å². The Labute approximate surface area is 122 Å². The molecule has 1 unspecified atom stereocenters. The van der Waals surface area contributed by atoms with E-state index in [-0.39, 0.29) is 24.4 Å². The number of nitrogens with one attached hydrogen (secondary N) is 1. The number of carbonyl (C=O) groups excluding carboxylic acids is 2. The van der Waals surface area contributed by atoms with E-state index in [1.165, 1.54) is 32.1 Å². The normalized spacial score (nSPS) is 24.6. The highest BCUT2D eigenvalue weighted by Crippen LogP contribution is 2.28. The summed E-state index contributed by atoms with van der Waals surface area (Å²) in [5.74, 6) is 1.39. The predicted octanol–water partition coefficient (Wildman–Crippen LogP) is 2.33. The summed E-state index contributed by atoms with van der Waals surface area (Å²) >= 11 is 0. The summed E-state index contributed by atoms with van der Waals surface area (Å²) in [7, 11) is 0. The molecule has 2 amide bonds. The summed E-state index contributed by atoms with van der Waals surface area (Å²) in [6, 6.07) is -0.303. The first-order chi connectivity index (χ1) is 9.56. The molecule has 1 atom stereocenters. The van der Waals surface area contributed by atoms with Crippen LogP contribution in [0.3, 0.4) is 0 Å². The summed E-state index contributed by atoms with van der Waals surface area (Å²) in [4.78, 5) is 25.8. The first-order valence-corrected chi connectivity index (χ1v) is 8.14. The summed E-state index contributed by atoms with van der Waals surface area (Å²) in [6.45, 7) is 5.16. The van der Waals surface area contributed by atoms with Crippen LogP contribution >= 0.6 is 0 Å². The number of hydrogen-bond donors (Lipinski definition) is 1. The molecular weight excluding hydrogens is 252 g/mol. The van der Waals surface area contributed by atoms with Crippen molar-refractivity contribution in [2.24, 2.45) is 11.8 Å². The van der Waals surface area contributed by atoms with Crippen LogP contribution in [0.15, 0.2) is 0 Å². The van der Waals surface area contributed by atoms with Gasteiger partial charge in [0.25, 0.3) is 0 Å². The Balaban J connectivity index is 1.79. The Hall–Kier alpha value is -1.06. The van der Waals surface area contributed by atoms with Crippen LogP contribution in [0.4, 0.5) is 0 Å². The first-order valence-electron chi connectivity index (χ1n) is 8.14. The molecule has 0 spiro atoms. The Morgan fingerprint density at radius 3 is 2.60 bits per heavy atom. The van der Waals surface area contributed by atoms with E-state index in [9.17, 15) is 9.59 Å². The van der Waals surface area contributed by atoms with Crippen molar-refractivity contribution in [3.05, 3.63) is 0 Å². The van der Waals surface area contributed by atoms with Crippen molar-refractivity contribution in [1.82, 2.24) is 10.2 Å². The van der Waals surface area contributed by atoms with Gasteiger partial charge in [0.15, 0.2) is 0 Å². The first kappa shape index (κ1) is 15.3. The third kappa shape index (κ3) is 4.22. The molecule has 0 aromatic carbocycles. The van der Waals surface area contributed by atoms with Gasteiger partial charge in [-0.15, -0.1) is 0 Å². The molecular formula is C16H28N2O2. The van der Waals surface area contributed by atoms with Gasteiger partial charge in [0.2, 0.25) is 11.8 Å². The number of rotatable bonds is 6. The molecule has 4 heteroatoms. The minimum atomic E-state index is -0.303. The SMILES string of the molecule is CC(C)CC1NC(=O)CN(CCCC2CCCC2)C1=O. The smallest absolute Gasteiger partial charge is 0.245 e. The molecule has 1 aliphatic heterocycles. The van der Waals surface area contributed by atoms with Crippen molar-refractivity contribution >= 4 is 11.8 Å². The lowest BCUT2D eigenvalue weighted by atomic mass is 9.99. The summed E-state index contributed by atoms with van der Waals surface area (Å²) in [6.07, 6.45) is 8.43. The van der Waals surface area contributed by atoms with Gasteiger partial charge in [0.1, 0.15) is 6.04 Å². The number of carbonyl (C=O) groups is 2. The van der Waals surface area contributed by atoms with Crippen LogP contribution in [0.2, 0.25) is 0 Å². The van der Waals surface area contributed by atoms with Gasteiger partial charge in [-0.2, -0.15) is 0 Å². The number of hydrogen-bond acceptors (Lipinski definition) is 2. The zero-order chi connectivity index (χ0) is 14.5. The highest BCUT2D eigenvalue weighted by molar-refractivity contribution is 5.94. The Morgan fingerprint density at radius 2 is 1.95 bits per heavy atom. The summed E-state index contributed by atoms with van der Waals surface area (Å²) in [5, 5.41) is 2.83. The molecule has 20 heavy (non-hydrogen) atoms. The Kier molecular flexibility index (Phi) is 5.44. The lowest BCUT2D eigenvalue weighted by Crippen LogP contribution is -2.58. The van der Waals surface area contributed by atoms with Gasteiger partial charge in [0, 0.05) is 6.54 Å². The zero-order valence-electron chi connectivity index (χ0n) is 12.9. The van der Waals surface area contributed by atoms with Crippen molar-refractivity contribution in [3.63, 3.8) is 0 Å². The van der Waals surface area contributed by atoms with E-state index < -0.39 is 0 Å². The van der Waals surface area contributed by atoms with Crippen molar-refractivity contribution in [2.75, 3.05) is 13.1 Å². The van der Waals surface area contributed by atoms with Crippen LogP contribution in [-0.4, -0.2) is 35.8 Å². The monoisotopic (exact) mass is 280 g/mol. The van der Waals surface area contributed by atoms with Crippen molar-refractivity contribution < 1.29 is 9.59 Å². The number of amides is 2. The second kappa shape index (κ2) is 7.09. The fourth-order valence-electron chi connectivity index (χ4n) is 3.46. The van der Waals surface area contributed by atoms with E-state index in [2.05, 4.69) is 19.2 Å². The highest BCUT2D eigenvalue weighted by Gasteiger charge is 2.32. The number of piperazine rings is 1. The van der Waals surface area contributed by atoms with Crippen molar-refractivity contribution in [1.29, 1.82) is 0 Å². The highest BCUT2D eigenvalue weighted by atomic mass is 16.2. The van der Waals surface area contributed by atoms with Crippen molar-refractivity contribution in [2.45, 2.75) is 64.8 Å². The average molecular weight is 280 g/mol. The maximum absolute atomic E-state index is 12.3. The molecule has 0 aromatic rings. The van der Waals surface area contributed by atoms with Gasteiger partial charge >= 0.3 is 0 Å². The van der Waals surface area contributed by atoms with E-state index in [1.807, 2.05) is 0 Å². The predicted molar refractivity (Wildman–Crippen MR) is 79.2 cm³/mol. The maximum atomic E-state index is 12.3. The zero-order valence-corrected chi connectivity index (χ0v) is 12.9. The summed E-state index contributed by atoms with van der Waals surface area (Å²) < 4.78 is 0. The van der Waals surface area contributed by atoms with E-state index >= 15 is 0 Å². The van der Waals surface area contributed by atoms with Gasteiger partial charge in [-0.05, 0) is 31.1 Å². The fraction of sp³-hybridized carbons (Fsp3) is 0.875. The third-order valence-electron chi connectivity index (χ3n) is 4.50. The second-order valence-electron chi connectivity index (χ2n) is 6.80. The molecule has 2 aliphatic rings. The topological polar surface area (TPSA) is 49.4 Å². The molecule has 1 N–H and O–H groups in total. The van der Waals surface area contributed by atoms with E-state index in [4.69, 9.17) is 0 Å². The molecule has 1 saturated carbocycles. The molecule has 1 heterocycles. The van der Waals surface area contributed by atoms with Crippen LogP contribution in [0.1, 0.15) is 58.8 Å². The molecule has 114 valence electrons. The van der Waals surface area contributed by atoms with Crippen LogP contribution in [0, 0.1) is 11.8 Å². The molecule has 1 saturated heterocycles. The standard InChI is InChI=1S/C16H28N2O2/c1-12(2)10-14-16(20)18(11-15(19)17-14)9-5-8-13-6-3-4-7-13/h12-14H,3-11H2,1-2H3,(H,17,19). The largest absolute Gasteiger partial charge is 0.343 e. The Morgan fingerprint density at radius 1 is 1.25 bits per heavy atom. The minimum Gasteiger partial charge on any atom is -0.343 e. The molecule has 0 aromatic heterocycles. The van der Waals surface area contributed by atoms with Crippen LogP contribution in [-0.2, 0) is 9.59 Å². The molecule has 4 nitrogen and oxygen atoms in total. The lowest BCUT2D eigenvalue weighted by Gasteiger charge is -2.33. The molecule has 0 radical (unpaired) electrons. The van der Waals surface area contributed by atoms with Crippen LogP contribution in [0.5, 0.6) is 0 Å². The van der Waals surface area contributed by atoms with Crippen LogP contribution < -0.4 is 5.32 Å². The van der Waals surface area contributed by atoms with E-state index in [1.54, 1.807) is 4.90 Å². The fourth-order valence-corrected chi connectivity index (χ4v) is 3.46. The molecule has 2 fully saturated rings. The van der Waals surface area contributed by atoms with Gasteiger partial charge in [-0.25, -0.2) is 0 Å². The maximum Gasteiger partial charge on any atom is 0.245 e. The third-order valence-corrected chi connectivity index (χ3v) is 4.50. The van der Waals surface area contributed by atoms with Gasteiger partial charge in [0.05, 0.1) is 6.54 Å². The minimum absolute atomic E-state index is 0.00360.